The van der Waals surface area contributed by atoms with Crippen LogP contribution in [0.3, 0.4) is 0 Å². The zero-order valence-electron chi connectivity index (χ0n) is 13.1. The molecule has 0 bridgehead atoms. The molecule has 112 valence electrons. The van der Waals surface area contributed by atoms with Crippen molar-refractivity contribution in [1.29, 1.82) is 0 Å². The zero-order valence-corrected chi connectivity index (χ0v) is 13.1. The van der Waals surface area contributed by atoms with Crippen molar-refractivity contribution < 1.29 is 4.74 Å². The highest BCUT2D eigenvalue weighted by molar-refractivity contribution is 5.89. The van der Waals surface area contributed by atoms with Gasteiger partial charge in [-0.05, 0) is 38.1 Å². The minimum absolute atomic E-state index is 0.299. The van der Waals surface area contributed by atoms with Gasteiger partial charge in [-0.25, -0.2) is 0 Å². The average Bonchev–Trinajstić information content (AvgIpc) is 3.05. The van der Waals surface area contributed by atoms with Gasteiger partial charge in [0.25, 0.3) is 0 Å². The molecular formula is C19H25NO. The Bertz CT molecular complexity index is 602. The van der Waals surface area contributed by atoms with E-state index in [4.69, 9.17) is 4.74 Å². The molecule has 0 aliphatic heterocycles. The van der Waals surface area contributed by atoms with Crippen molar-refractivity contribution in [2.75, 3.05) is 13.7 Å². The predicted molar refractivity (Wildman–Crippen MR) is 88.9 cm³/mol. The second-order valence-electron chi connectivity index (χ2n) is 6.18. The number of hydrogen-bond acceptors (Lipinski definition) is 2. The fraction of sp³-hybridized carbons (Fsp3) is 0.474. The van der Waals surface area contributed by atoms with Crippen LogP contribution < -0.4 is 10.1 Å². The SMILES string of the molecule is CNC(C)c1ccc2ccccc2c1OCC1CCCC1. The normalized spacial score (nSPS) is 17.2. The van der Waals surface area contributed by atoms with Crippen LogP contribution in [0.25, 0.3) is 10.8 Å². The van der Waals surface area contributed by atoms with Gasteiger partial charge in [0.2, 0.25) is 0 Å². The lowest BCUT2D eigenvalue weighted by atomic mass is 10.0. The fourth-order valence-electron chi connectivity index (χ4n) is 3.30. The van der Waals surface area contributed by atoms with Crippen molar-refractivity contribution in [1.82, 2.24) is 5.32 Å². The molecule has 1 N–H and O–H groups in total. The second kappa shape index (κ2) is 6.48. The molecule has 2 heteroatoms. The second-order valence-corrected chi connectivity index (χ2v) is 6.18. The molecule has 0 spiro atoms. The van der Waals surface area contributed by atoms with Crippen molar-refractivity contribution in [3.8, 4) is 5.75 Å². The molecule has 1 saturated carbocycles. The fourth-order valence-corrected chi connectivity index (χ4v) is 3.30. The van der Waals surface area contributed by atoms with Crippen molar-refractivity contribution in [2.45, 2.75) is 38.6 Å². The molecule has 0 aromatic heterocycles. The molecule has 0 saturated heterocycles. The molecule has 1 aliphatic carbocycles. The first-order valence-corrected chi connectivity index (χ1v) is 8.11. The van der Waals surface area contributed by atoms with Crippen LogP contribution in [0.1, 0.15) is 44.2 Å². The standard InChI is InChI=1S/C19H25NO/c1-14(20-2)17-12-11-16-9-5-6-10-18(16)19(17)21-13-15-7-3-4-8-15/h5-6,9-12,14-15,20H,3-4,7-8,13H2,1-2H3. The predicted octanol–water partition coefficient (Wildman–Crippen LogP) is 4.69. The highest BCUT2D eigenvalue weighted by atomic mass is 16.5. The van der Waals surface area contributed by atoms with E-state index in [1.807, 2.05) is 7.05 Å². The molecule has 1 aliphatic rings. The van der Waals surface area contributed by atoms with Crippen molar-refractivity contribution in [3.63, 3.8) is 0 Å². The van der Waals surface area contributed by atoms with Crippen molar-refractivity contribution >= 4 is 10.8 Å². The Kier molecular flexibility index (Phi) is 4.45. The van der Waals surface area contributed by atoms with E-state index in [-0.39, 0.29) is 0 Å². The minimum Gasteiger partial charge on any atom is -0.492 e. The highest BCUT2D eigenvalue weighted by Crippen LogP contribution is 2.35. The molecule has 2 aromatic carbocycles. The van der Waals surface area contributed by atoms with E-state index >= 15 is 0 Å². The summed E-state index contributed by atoms with van der Waals surface area (Å²) in [5.74, 6) is 1.81. The lowest BCUT2D eigenvalue weighted by Crippen LogP contribution is -2.15. The summed E-state index contributed by atoms with van der Waals surface area (Å²) in [5, 5.41) is 5.82. The Balaban J connectivity index is 1.94. The Morgan fingerprint density at radius 3 is 2.67 bits per heavy atom. The quantitative estimate of drug-likeness (QED) is 0.859. The summed E-state index contributed by atoms with van der Waals surface area (Å²) in [6, 6.07) is 13.2. The Morgan fingerprint density at radius 2 is 1.90 bits per heavy atom. The van der Waals surface area contributed by atoms with E-state index < -0.39 is 0 Å². The van der Waals surface area contributed by atoms with Crippen LogP contribution in [0.2, 0.25) is 0 Å². The summed E-state index contributed by atoms with van der Waals surface area (Å²) >= 11 is 0. The molecule has 0 amide bonds. The topological polar surface area (TPSA) is 21.3 Å². The van der Waals surface area contributed by atoms with Gasteiger partial charge in [-0.2, -0.15) is 0 Å². The van der Waals surface area contributed by atoms with Gasteiger partial charge in [-0.1, -0.05) is 49.2 Å². The number of ether oxygens (including phenoxy) is 1. The maximum Gasteiger partial charge on any atom is 0.131 e. The van der Waals surface area contributed by atoms with Gasteiger partial charge in [0.1, 0.15) is 5.75 Å². The maximum atomic E-state index is 6.32. The first-order valence-electron chi connectivity index (χ1n) is 8.11. The summed E-state index contributed by atoms with van der Waals surface area (Å²) in [5.41, 5.74) is 1.26. The molecule has 0 radical (unpaired) electrons. The molecule has 1 atom stereocenters. The monoisotopic (exact) mass is 283 g/mol. The van der Waals surface area contributed by atoms with Crippen molar-refractivity contribution in [2.24, 2.45) is 5.92 Å². The van der Waals surface area contributed by atoms with Crippen LogP contribution in [0.5, 0.6) is 5.75 Å². The number of hydrogen-bond donors (Lipinski definition) is 1. The molecule has 1 unspecified atom stereocenters. The molecule has 2 nitrogen and oxygen atoms in total. The van der Waals surface area contributed by atoms with Gasteiger partial charge in [0.05, 0.1) is 6.61 Å². The first-order chi connectivity index (χ1) is 10.3. The number of benzene rings is 2. The van der Waals surface area contributed by atoms with Gasteiger partial charge in [0.15, 0.2) is 0 Å². The molecule has 2 aromatic rings. The minimum atomic E-state index is 0.299. The van der Waals surface area contributed by atoms with Crippen LogP contribution >= 0.6 is 0 Å². The van der Waals surface area contributed by atoms with E-state index in [0.29, 0.717) is 6.04 Å². The van der Waals surface area contributed by atoms with E-state index in [2.05, 4.69) is 48.6 Å². The van der Waals surface area contributed by atoms with E-state index in [1.54, 1.807) is 0 Å². The molecule has 1 fully saturated rings. The number of rotatable bonds is 5. The largest absolute Gasteiger partial charge is 0.492 e. The van der Waals surface area contributed by atoms with Crippen molar-refractivity contribution in [3.05, 3.63) is 42.0 Å². The first kappa shape index (κ1) is 14.4. The lowest BCUT2D eigenvalue weighted by Gasteiger charge is -2.20. The third kappa shape index (κ3) is 3.06. The van der Waals surface area contributed by atoms with Gasteiger partial charge in [0, 0.05) is 17.0 Å². The van der Waals surface area contributed by atoms with E-state index in [0.717, 1.165) is 18.3 Å². The van der Waals surface area contributed by atoms with Gasteiger partial charge in [-0.3, -0.25) is 0 Å². The van der Waals surface area contributed by atoms with Gasteiger partial charge >= 0.3 is 0 Å². The van der Waals surface area contributed by atoms with E-state index in [1.165, 1.54) is 42.0 Å². The summed E-state index contributed by atoms with van der Waals surface area (Å²) in [6.45, 7) is 3.05. The Labute approximate surface area is 127 Å². The zero-order chi connectivity index (χ0) is 14.7. The lowest BCUT2D eigenvalue weighted by molar-refractivity contribution is 0.251. The summed E-state index contributed by atoms with van der Waals surface area (Å²) < 4.78 is 6.32. The molecule has 3 rings (SSSR count). The van der Waals surface area contributed by atoms with Gasteiger partial charge < -0.3 is 10.1 Å². The Hall–Kier alpha value is -1.54. The summed E-state index contributed by atoms with van der Waals surface area (Å²) in [7, 11) is 2.00. The van der Waals surface area contributed by atoms with Crippen LogP contribution in [0.15, 0.2) is 36.4 Å². The third-order valence-corrected chi connectivity index (χ3v) is 4.75. The maximum absolute atomic E-state index is 6.32. The van der Waals surface area contributed by atoms with Gasteiger partial charge in [-0.15, -0.1) is 0 Å². The third-order valence-electron chi connectivity index (χ3n) is 4.75. The average molecular weight is 283 g/mol. The highest BCUT2D eigenvalue weighted by Gasteiger charge is 2.18. The van der Waals surface area contributed by atoms with Crippen LogP contribution in [0.4, 0.5) is 0 Å². The van der Waals surface area contributed by atoms with E-state index in [9.17, 15) is 0 Å². The van der Waals surface area contributed by atoms with Crippen LogP contribution in [-0.2, 0) is 0 Å². The van der Waals surface area contributed by atoms with Crippen LogP contribution in [0, 0.1) is 5.92 Å². The number of nitrogens with one attached hydrogen (secondary N) is 1. The summed E-state index contributed by atoms with van der Waals surface area (Å²) in [4.78, 5) is 0. The smallest absolute Gasteiger partial charge is 0.131 e. The molecule has 21 heavy (non-hydrogen) atoms. The van der Waals surface area contributed by atoms with Crippen LogP contribution in [-0.4, -0.2) is 13.7 Å². The summed E-state index contributed by atoms with van der Waals surface area (Å²) in [6.07, 6.45) is 5.37. The Morgan fingerprint density at radius 1 is 1.14 bits per heavy atom. The molecular weight excluding hydrogens is 258 g/mol. The number of fused-ring (bicyclic) bond motifs is 1. The molecule has 0 heterocycles.